The lowest BCUT2D eigenvalue weighted by atomic mass is 9.95. The number of nitrogens with zero attached hydrogens (tertiary/aromatic N) is 2. The Labute approximate surface area is 171 Å². The molecule has 1 atom stereocenters. The van der Waals surface area contributed by atoms with Crippen LogP contribution in [0.2, 0.25) is 0 Å². The van der Waals surface area contributed by atoms with Crippen LogP contribution < -0.4 is 4.74 Å². The number of likely N-dealkylation sites (tertiary alicyclic amines) is 1. The summed E-state index contributed by atoms with van der Waals surface area (Å²) in [5.41, 5.74) is 1.34. The summed E-state index contributed by atoms with van der Waals surface area (Å²) in [5, 5.41) is 11.0. The first kappa shape index (κ1) is 20.6. The van der Waals surface area contributed by atoms with Crippen LogP contribution in [0.5, 0.6) is 5.75 Å². The highest BCUT2D eigenvalue weighted by atomic mass is 16.5. The van der Waals surface area contributed by atoms with Crippen molar-refractivity contribution >= 4 is 17.4 Å². The van der Waals surface area contributed by atoms with Gasteiger partial charge in [0.1, 0.15) is 11.5 Å². The van der Waals surface area contributed by atoms with Crippen LogP contribution in [0.1, 0.15) is 24.1 Å². The van der Waals surface area contributed by atoms with E-state index in [9.17, 15) is 14.7 Å². The summed E-state index contributed by atoms with van der Waals surface area (Å²) in [4.78, 5) is 29.2. The molecular formula is C23H26N2O4. The number of benzene rings is 2. The molecule has 1 unspecified atom stereocenters. The van der Waals surface area contributed by atoms with Crippen LogP contribution in [0.3, 0.4) is 0 Å². The number of rotatable bonds is 7. The van der Waals surface area contributed by atoms with Crippen molar-refractivity contribution in [2.45, 2.75) is 13.0 Å². The SMILES string of the molecule is CCOc1cccc(/C(O)=C2/C(=O)C(=O)N(CCN(C)C)C2c2ccccc2)c1. The van der Waals surface area contributed by atoms with Crippen molar-refractivity contribution < 1.29 is 19.4 Å². The minimum Gasteiger partial charge on any atom is -0.507 e. The topological polar surface area (TPSA) is 70.1 Å². The molecule has 0 aromatic heterocycles. The molecule has 0 saturated carbocycles. The fraction of sp³-hybridized carbons (Fsp3) is 0.304. The zero-order valence-corrected chi connectivity index (χ0v) is 17.0. The van der Waals surface area contributed by atoms with Gasteiger partial charge in [-0.25, -0.2) is 0 Å². The number of carbonyl (C=O) groups is 2. The fourth-order valence-corrected chi connectivity index (χ4v) is 3.46. The van der Waals surface area contributed by atoms with Gasteiger partial charge < -0.3 is 19.6 Å². The highest BCUT2D eigenvalue weighted by Crippen LogP contribution is 2.39. The zero-order chi connectivity index (χ0) is 21.0. The largest absolute Gasteiger partial charge is 0.507 e. The van der Waals surface area contributed by atoms with Gasteiger partial charge in [0.2, 0.25) is 0 Å². The summed E-state index contributed by atoms with van der Waals surface area (Å²) in [6.45, 7) is 3.35. The van der Waals surface area contributed by atoms with Crippen molar-refractivity contribution in [3.05, 3.63) is 71.3 Å². The lowest BCUT2D eigenvalue weighted by molar-refractivity contribution is -0.140. The Hall–Kier alpha value is -3.12. The average molecular weight is 394 g/mol. The van der Waals surface area contributed by atoms with E-state index in [1.165, 1.54) is 4.90 Å². The molecule has 0 spiro atoms. The molecule has 0 bridgehead atoms. The number of likely N-dealkylation sites (N-methyl/N-ethyl adjacent to an activating group) is 1. The van der Waals surface area contributed by atoms with Gasteiger partial charge in [0.25, 0.3) is 11.7 Å². The molecule has 152 valence electrons. The molecule has 6 nitrogen and oxygen atoms in total. The Balaban J connectivity index is 2.11. The van der Waals surface area contributed by atoms with Crippen LogP contribution in [0.4, 0.5) is 0 Å². The minimum absolute atomic E-state index is 0.105. The van der Waals surface area contributed by atoms with Gasteiger partial charge >= 0.3 is 0 Å². The summed E-state index contributed by atoms with van der Waals surface area (Å²) in [6, 6.07) is 15.6. The predicted octanol–water partition coefficient (Wildman–Crippen LogP) is 3.07. The molecule has 1 aliphatic heterocycles. The van der Waals surface area contributed by atoms with Crippen molar-refractivity contribution in [1.82, 2.24) is 9.80 Å². The third kappa shape index (κ3) is 4.32. The summed E-state index contributed by atoms with van der Waals surface area (Å²) in [6.07, 6.45) is 0. The number of aliphatic hydroxyl groups excluding tert-OH is 1. The lowest BCUT2D eigenvalue weighted by Gasteiger charge is -2.26. The molecule has 1 heterocycles. The maximum absolute atomic E-state index is 12.9. The molecule has 1 aliphatic rings. The molecule has 3 rings (SSSR count). The van der Waals surface area contributed by atoms with Crippen LogP contribution in [0, 0.1) is 0 Å². The Kier molecular flexibility index (Phi) is 6.34. The summed E-state index contributed by atoms with van der Waals surface area (Å²) in [7, 11) is 3.82. The first-order chi connectivity index (χ1) is 13.9. The van der Waals surface area contributed by atoms with E-state index in [-0.39, 0.29) is 11.3 Å². The maximum atomic E-state index is 12.9. The maximum Gasteiger partial charge on any atom is 0.295 e. The van der Waals surface area contributed by atoms with Crippen molar-refractivity contribution in [2.24, 2.45) is 0 Å². The second kappa shape index (κ2) is 8.92. The van der Waals surface area contributed by atoms with Crippen molar-refractivity contribution in [2.75, 3.05) is 33.8 Å². The normalized spacial score (nSPS) is 18.5. The van der Waals surface area contributed by atoms with E-state index in [0.29, 0.717) is 31.0 Å². The number of ketones is 1. The van der Waals surface area contributed by atoms with Crippen LogP contribution in [-0.2, 0) is 9.59 Å². The molecular weight excluding hydrogens is 368 g/mol. The Bertz CT molecular complexity index is 921. The van der Waals surface area contributed by atoms with E-state index in [0.717, 1.165) is 5.56 Å². The van der Waals surface area contributed by atoms with Gasteiger partial charge in [-0.1, -0.05) is 42.5 Å². The number of aliphatic hydroxyl groups is 1. The molecule has 2 aromatic rings. The minimum atomic E-state index is -0.670. The number of ether oxygens (including phenoxy) is 1. The standard InChI is InChI=1S/C23H26N2O4/c1-4-29-18-12-8-11-17(15-18)21(26)19-20(16-9-6-5-7-10-16)25(14-13-24(2)3)23(28)22(19)27/h5-12,15,20,26H,4,13-14H2,1-3H3/b21-19-. The van der Waals surface area contributed by atoms with E-state index in [4.69, 9.17) is 4.74 Å². The van der Waals surface area contributed by atoms with Crippen molar-refractivity contribution in [1.29, 1.82) is 0 Å². The quantitative estimate of drug-likeness (QED) is 0.444. The molecule has 1 N–H and O–H groups in total. The number of Topliss-reactive ketones (excluding diaryl/α,β-unsaturated/α-hetero) is 1. The van der Waals surface area contributed by atoms with Crippen LogP contribution >= 0.6 is 0 Å². The van der Waals surface area contributed by atoms with Crippen LogP contribution in [0.15, 0.2) is 60.2 Å². The van der Waals surface area contributed by atoms with Gasteiger partial charge in [-0.15, -0.1) is 0 Å². The first-order valence-electron chi connectivity index (χ1n) is 9.65. The number of hydrogen-bond acceptors (Lipinski definition) is 5. The summed E-state index contributed by atoms with van der Waals surface area (Å²) in [5.74, 6) is -0.860. The third-order valence-electron chi connectivity index (χ3n) is 4.86. The molecule has 6 heteroatoms. The van der Waals surface area contributed by atoms with Gasteiger partial charge in [-0.3, -0.25) is 9.59 Å². The number of amides is 1. The van der Waals surface area contributed by atoms with Crippen LogP contribution in [0.25, 0.3) is 5.76 Å². The number of carbonyl (C=O) groups excluding carboxylic acids is 2. The third-order valence-corrected chi connectivity index (χ3v) is 4.86. The molecule has 0 aliphatic carbocycles. The van der Waals surface area contributed by atoms with Crippen molar-refractivity contribution in [3.8, 4) is 5.75 Å². The van der Waals surface area contributed by atoms with E-state index >= 15 is 0 Å². The Morgan fingerprint density at radius 1 is 1.10 bits per heavy atom. The first-order valence-corrected chi connectivity index (χ1v) is 9.65. The second-order valence-electron chi connectivity index (χ2n) is 7.17. The zero-order valence-electron chi connectivity index (χ0n) is 17.0. The van der Waals surface area contributed by atoms with Gasteiger partial charge in [-0.2, -0.15) is 0 Å². The molecule has 29 heavy (non-hydrogen) atoms. The van der Waals surface area contributed by atoms with E-state index in [1.54, 1.807) is 24.3 Å². The van der Waals surface area contributed by atoms with E-state index in [1.807, 2.05) is 56.3 Å². The summed E-state index contributed by atoms with van der Waals surface area (Å²) >= 11 is 0. The molecule has 0 radical (unpaired) electrons. The second-order valence-corrected chi connectivity index (χ2v) is 7.17. The Morgan fingerprint density at radius 2 is 1.83 bits per heavy atom. The van der Waals surface area contributed by atoms with Crippen LogP contribution in [-0.4, -0.2) is 60.4 Å². The molecule has 1 saturated heterocycles. The monoisotopic (exact) mass is 394 g/mol. The molecule has 1 amide bonds. The average Bonchev–Trinajstić information content (AvgIpc) is 2.97. The highest BCUT2D eigenvalue weighted by Gasteiger charge is 2.45. The van der Waals surface area contributed by atoms with E-state index in [2.05, 4.69) is 0 Å². The van der Waals surface area contributed by atoms with Gasteiger partial charge in [0, 0.05) is 18.7 Å². The Morgan fingerprint density at radius 3 is 2.48 bits per heavy atom. The number of hydrogen-bond donors (Lipinski definition) is 1. The van der Waals surface area contributed by atoms with E-state index < -0.39 is 17.7 Å². The lowest BCUT2D eigenvalue weighted by Crippen LogP contribution is -2.35. The van der Waals surface area contributed by atoms with Gasteiger partial charge in [0.05, 0.1) is 18.2 Å². The highest BCUT2D eigenvalue weighted by molar-refractivity contribution is 6.46. The summed E-state index contributed by atoms with van der Waals surface area (Å²) < 4.78 is 5.50. The smallest absolute Gasteiger partial charge is 0.295 e. The van der Waals surface area contributed by atoms with Crippen molar-refractivity contribution in [3.63, 3.8) is 0 Å². The predicted molar refractivity (Wildman–Crippen MR) is 112 cm³/mol. The molecule has 2 aromatic carbocycles. The molecule has 1 fully saturated rings. The fourth-order valence-electron chi connectivity index (χ4n) is 3.46. The van der Waals surface area contributed by atoms with Gasteiger partial charge in [-0.05, 0) is 38.7 Å². The van der Waals surface area contributed by atoms with Gasteiger partial charge in [0.15, 0.2) is 0 Å².